The van der Waals surface area contributed by atoms with Crippen LogP contribution in [0.4, 0.5) is 5.69 Å². The van der Waals surface area contributed by atoms with Crippen LogP contribution in [0.1, 0.15) is 22.9 Å². The average Bonchev–Trinajstić information content (AvgIpc) is 3.47. The number of hydrogen-bond acceptors (Lipinski definition) is 5. The summed E-state index contributed by atoms with van der Waals surface area (Å²) in [6, 6.07) is 14.3. The van der Waals surface area contributed by atoms with Crippen LogP contribution in [0, 0.1) is 0 Å². The Morgan fingerprint density at radius 2 is 1.97 bits per heavy atom. The summed E-state index contributed by atoms with van der Waals surface area (Å²) in [4.78, 5) is 27.3. The lowest BCUT2D eigenvalue weighted by Crippen LogP contribution is -2.29. The van der Waals surface area contributed by atoms with Gasteiger partial charge in [0, 0.05) is 22.7 Å². The van der Waals surface area contributed by atoms with Crippen molar-refractivity contribution in [3.8, 4) is 5.75 Å². The van der Waals surface area contributed by atoms with Crippen LogP contribution in [-0.2, 0) is 16.0 Å². The van der Waals surface area contributed by atoms with Gasteiger partial charge in [0.1, 0.15) is 23.3 Å². The standard InChI is InChI=1S/C23H16ClNO5/c24-15-3-1-4-16(12-15)25-20(18-5-2-9-29-18)19(22(27)23(25)28)21(26)14-6-7-17-13(11-14)8-10-30-17/h1-7,9,11-12,20,26H,8,10H2/b21-19-. The number of carbonyl (C=O) groups is 2. The summed E-state index contributed by atoms with van der Waals surface area (Å²) >= 11 is 6.11. The SMILES string of the molecule is O=C1C(=O)N(c2cccc(Cl)c2)C(c2ccco2)/C1=C(/O)c1ccc2c(c1)CCO2. The molecule has 0 radical (unpaired) electrons. The molecule has 1 saturated heterocycles. The first-order chi connectivity index (χ1) is 14.5. The lowest BCUT2D eigenvalue weighted by atomic mass is 9.98. The van der Waals surface area contributed by atoms with Crippen LogP contribution >= 0.6 is 11.6 Å². The Morgan fingerprint density at radius 3 is 2.73 bits per heavy atom. The molecule has 2 aliphatic rings. The van der Waals surface area contributed by atoms with Crippen molar-refractivity contribution in [1.82, 2.24) is 0 Å². The number of ether oxygens (including phenoxy) is 1. The van der Waals surface area contributed by atoms with Crippen molar-refractivity contribution in [2.24, 2.45) is 0 Å². The van der Waals surface area contributed by atoms with Gasteiger partial charge in [0.05, 0.1) is 18.4 Å². The number of halogens is 1. The van der Waals surface area contributed by atoms with Crippen LogP contribution in [0.25, 0.3) is 5.76 Å². The predicted octanol–water partition coefficient (Wildman–Crippen LogP) is 4.49. The molecule has 1 atom stereocenters. The smallest absolute Gasteiger partial charge is 0.300 e. The van der Waals surface area contributed by atoms with Gasteiger partial charge in [0.15, 0.2) is 0 Å². The number of aliphatic hydroxyl groups excluding tert-OH is 1. The molecule has 0 saturated carbocycles. The van der Waals surface area contributed by atoms with Crippen LogP contribution in [-0.4, -0.2) is 23.4 Å². The predicted molar refractivity (Wildman–Crippen MR) is 111 cm³/mol. The van der Waals surface area contributed by atoms with Crippen molar-refractivity contribution < 1.29 is 23.8 Å². The number of ketones is 1. The number of amides is 1. The number of carbonyl (C=O) groups excluding carboxylic acids is 2. The first-order valence-corrected chi connectivity index (χ1v) is 9.78. The maximum absolute atomic E-state index is 13.0. The summed E-state index contributed by atoms with van der Waals surface area (Å²) in [7, 11) is 0. The third-order valence-electron chi connectivity index (χ3n) is 5.31. The number of nitrogens with zero attached hydrogens (tertiary/aromatic N) is 1. The van der Waals surface area contributed by atoms with Gasteiger partial charge in [-0.1, -0.05) is 17.7 Å². The molecule has 3 heterocycles. The van der Waals surface area contributed by atoms with E-state index in [1.807, 2.05) is 0 Å². The summed E-state index contributed by atoms with van der Waals surface area (Å²) in [6.07, 6.45) is 2.18. The van der Waals surface area contributed by atoms with Crippen molar-refractivity contribution >= 4 is 34.7 Å². The zero-order valence-electron chi connectivity index (χ0n) is 15.7. The minimum Gasteiger partial charge on any atom is -0.507 e. The molecule has 7 heteroatoms. The van der Waals surface area contributed by atoms with Gasteiger partial charge >= 0.3 is 0 Å². The fraction of sp³-hybridized carbons (Fsp3) is 0.130. The van der Waals surface area contributed by atoms with E-state index in [2.05, 4.69) is 0 Å². The highest BCUT2D eigenvalue weighted by Crippen LogP contribution is 2.43. The summed E-state index contributed by atoms with van der Waals surface area (Å²) in [6.45, 7) is 0.575. The van der Waals surface area contributed by atoms with E-state index >= 15 is 0 Å². The molecule has 1 aromatic heterocycles. The molecule has 0 aliphatic carbocycles. The first-order valence-electron chi connectivity index (χ1n) is 9.40. The Bertz CT molecular complexity index is 1200. The number of hydrogen-bond donors (Lipinski definition) is 1. The molecule has 1 unspecified atom stereocenters. The van der Waals surface area contributed by atoms with Gasteiger partial charge in [0.2, 0.25) is 0 Å². The molecular formula is C23H16ClNO5. The number of rotatable bonds is 3. The lowest BCUT2D eigenvalue weighted by Gasteiger charge is -2.23. The second-order valence-electron chi connectivity index (χ2n) is 7.09. The van der Waals surface area contributed by atoms with E-state index in [1.54, 1.807) is 54.6 Å². The number of Topliss-reactive ketones (excluding diaryl/α,β-unsaturated/α-hetero) is 1. The van der Waals surface area contributed by atoms with E-state index in [1.165, 1.54) is 11.2 Å². The first kappa shape index (κ1) is 18.5. The Balaban J connectivity index is 1.69. The molecule has 0 spiro atoms. The number of anilines is 1. The van der Waals surface area contributed by atoms with Crippen molar-refractivity contribution in [3.63, 3.8) is 0 Å². The van der Waals surface area contributed by atoms with E-state index in [4.69, 9.17) is 20.8 Å². The van der Waals surface area contributed by atoms with E-state index < -0.39 is 17.7 Å². The highest BCUT2D eigenvalue weighted by molar-refractivity contribution is 6.51. The number of furan rings is 1. The summed E-state index contributed by atoms with van der Waals surface area (Å²) in [5, 5.41) is 11.5. The van der Waals surface area contributed by atoms with Gasteiger partial charge in [-0.15, -0.1) is 0 Å². The van der Waals surface area contributed by atoms with Crippen LogP contribution in [0.15, 0.2) is 70.9 Å². The lowest BCUT2D eigenvalue weighted by molar-refractivity contribution is -0.132. The minimum atomic E-state index is -0.914. The number of fused-ring (bicyclic) bond motifs is 1. The normalized spacial score (nSPS) is 19.8. The van der Waals surface area contributed by atoms with Gasteiger partial charge < -0.3 is 14.3 Å². The molecule has 2 aliphatic heterocycles. The molecule has 3 aromatic rings. The van der Waals surface area contributed by atoms with Gasteiger partial charge in [-0.05, 0) is 54.1 Å². The molecule has 6 nitrogen and oxygen atoms in total. The highest BCUT2D eigenvalue weighted by Gasteiger charge is 2.48. The molecule has 1 N–H and O–H groups in total. The Labute approximate surface area is 176 Å². The zero-order chi connectivity index (χ0) is 20.8. The van der Waals surface area contributed by atoms with E-state index in [0.29, 0.717) is 28.6 Å². The molecule has 5 rings (SSSR count). The molecule has 0 bridgehead atoms. The van der Waals surface area contributed by atoms with Crippen LogP contribution in [0.2, 0.25) is 5.02 Å². The fourth-order valence-corrected chi connectivity index (χ4v) is 4.11. The summed E-state index contributed by atoms with van der Waals surface area (Å²) < 4.78 is 11.1. The van der Waals surface area contributed by atoms with E-state index in [-0.39, 0.29) is 11.3 Å². The van der Waals surface area contributed by atoms with Gasteiger partial charge in [-0.25, -0.2) is 0 Å². The third-order valence-corrected chi connectivity index (χ3v) is 5.54. The van der Waals surface area contributed by atoms with Gasteiger partial charge in [-0.2, -0.15) is 0 Å². The zero-order valence-corrected chi connectivity index (χ0v) is 16.4. The Kier molecular flexibility index (Phi) is 4.37. The average molecular weight is 422 g/mol. The molecule has 30 heavy (non-hydrogen) atoms. The number of aliphatic hydroxyl groups is 1. The third kappa shape index (κ3) is 2.88. The quantitative estimate of drug-likeness (QED) is 0.383. The summed E-state index contributed by atoms with van der Waals surface area (Å²) in [5.41, 5.74) is 1.79. The minimum absolute atomic E-state index is 0.0335. The van der Waals surface area contributed by atoms with E-state index in [0.717, 1.165) is 17.7 Å². The Hall–Kier alpha value is -3.51. The molecule has 150 valence electrons. The van der Waals surface area contributed by atoms with Crippen molar-refractivity contribution in [1.29, 1.82) is 0 Å². The largest absolute Gasteiger partial charge is 0.507 e. The topological polar surface area (TPSA) is 80.0 Å². The highest BCUT2D eigenvalue weighted by atomic mass is 35.5. The molecular weight excluding hydrogens is 406 g/mol. The molecule has 1 amide bonds. The van der Waals surface area contributed by atoms with Crippen LogP contribution in [0.5, 0.6) is 5.75 Å². The Morgan fingerprint density at radius 1 is 1.10 bits per heavy atom. The van der Waals surface area contributed by atoms with Crippen molar-refractivity contribution in [3.05, 3.63) is 88.3 Å². The maximum atomic E-state index is 13.0. The van der Waals surface area contributed by atoms with Gasteiger partial charge in [-0.3, -0.25) is 14.5 Å². The fourth-order valence-electron chi connectivity index (χ4n) is 3.93. The van der Waals surface area contributed by atoms with Crippen molar-refractivity contribution in [2.45, 2.75) is 12.5 Å². The van der Waals surface area contributed by atoms with Crippen LogP contribution in [0.3, 0.4) is 0 Å². The van der Waals surface area contributed by atoms with E-state index in [9.17, 15) is 14.7 Å². The maximum Gasteiger partial charge on any atom is 0.300 e. The number of benzene rings is 2. The van der Waals surface area contributed by atoms with Crippen LogP contribution < -0.4 is 9.64 Å². The molecule has 1 fully saturated rings. The van der Waals surface area contributed by atoms with Crippen molar-refractivity contribution in [2.75, 3.05) is 11.5 Å². The molecule has 2 aromatic carbocycles. The van der Waals surface area contributed by atoms with Gasteiger partial charge in [0.25, 0.3) is 11.7 Å². The second kappa shape index (κ2) is 7.07. The summed E-state index contributed by atoms with van der Waals surface area (Å²) in [5.74, 6) is -0.682. The monoisotopic (exact) mass is 421 g/mol. The second-order valence-corrected chi connectivity index (χ2v) is 7.52.